The molecule has 2 fully saturated rings. The van der Waals surface area contributed by atoms with Gasteiger partial charge in [0.25, 0.3) is 0 Å². The Hall–Kier alpha value is -2.15. The minimum absolute atomic E-state index is 0.684. The highest BCUT2D eigenvalue weighted by atomic mass is 15.3. The van der Waals surface area contributed by atoms with Gasteiger partial charge in [-0.1, -0.05) is 0 Å². The van der Waals surface area contributed by atoms with Crippen molar-refractivity contribution in [3.8, 4) is 0 Å². The van der Waals surface area contributed by atoms with Crippen molar-refractivity contribution in [3.05, 3.63) is 24.0 Å². The van der Waals surface area contributed by atoms with Crippen molar-refractivity contribution in [3.63, 3.8) is 0 Å². The first-order valence-corrected chi connectivity index (χ1v) is 7.86. The average Bonchev–Trinajstić information content (AvgIpc) is 3.08. The first kappa shape index (κ1) is 14.8. The van der Waals surface area contributed by atoms with Crippen LogP contribution in [0.4, 0.5) is 17.6 Å². The van der Waals surface area contributed by atoms with E-state index in [-0.39, 0.29) is 0 Å². The third kappa shape index (κ3) is 3.36. The van der Waals surface area contributed by atoms with Gasteiger partial charge in [-0.2, -0.15) is 10.1 Å². The molecule has 2 aromatic rings. The van der Waals surface area contributed by atoms with E-state index < -0.39 is 0 Å². The number of H-pyrrole nitrogens is 1. The Morgan fingerprint density at radius 3 is 2.73 bits per heavy atom. The SMILES string of the molecule is CN.c1cc(Nc2cc(C3CC3)[nH]n2)nc(N2CCCC2)n1. The Morgan fingerprint density at radius 1 is 1.23 bits per heavy atom. The van der Waals surface area contributed by atoms with Crippen molar-refractivity contribution in [2.75, 3.05) is 30.4 Å². The lowest BCUT2D eigenvalue weighted by Crippen LogP contribution is -2.20. The third-order valence-corrected chi connectivity index (χ3v) is 3.90. The van der Waals surface area contributed by atoms with Crippen LogP contribution in [0.2, 0.25) is 0 Å². The van der Waals surface area contributed by atoms with E-state index in [1.165, 1.54) is 38.4 Å². The number of hydrogen-bond acceptors (Lipinski definition) is 6. The molecule has 4 N–H and O–H groups in total. The number of hydrogen-bond donors (Lipinski definition) is 3. The smallest absolute Gasteiger partial charge is 0.227 e. The molecule has 0 spiro atoms. The molecule has 0 unspecified atom stereocenters. The summed E-state index contributed by atoms with van der Waals surface area (Å²) in [6, 6.07) is 3.96. The fraction of sp³-hybridized carbons (Fsp3) is 0.533. The molecule has 2 aromatic heterocycles. The summed E-state index contributed by atoms with van der Waals surface area (Å²) in [5.41, 5.74) is 5.72. The monoisotopic (exact) mass is 301 g/mol. The van der Waals surface area contributed by atoms with Crippen LogP contribution < -0.4 is 16.0 Å². The van der Waals surface area contributed by atoms with Crippen LogP contribution in [0, 0.1) is 0 Å². The number of rotatable bonds is 4. The first-order valence-electron chi connectivity index (χ1n) is 7.86. The van der Waals surface area contributed by atoms with E-state index in [0.29, 0.717) is 5.92 Å². The van der Waals surface area contributed by atoms with Crippen LogP contribution in [0.3, 0.4) is 0 Å². The van der Waals surface area contributed by atoms with Gasteiger partial charge >= 0.3 is 0 Å². The highest BCUT2D eigenvalue weighted by Crippen LogP contribution is 2.39. The Labute approximate surface area is 130 Å². The molecule has 3 heterocycles. The maximum absolute atomic E-state index is 4.57. The van der Waals surface area contributed by atoms with Crippen molar-refractivity contribution < 1.29 is 0 Å². The molecule has 0 aromatic carbocycles. The molecule has 118 valence electrons. The molecule has 0 radical (unpaired) electrons. The van der Waals surface area contributed by atoms with E-state index in [4.69, 9.17) is 0 Å². The maximum atomic E-state index is 4.57. The van der Waals surface area contributed by atoms with Gasteiger partial charge in [-0.25, -0.2) is 4.98 Å². The van der Waals surface area contributed by atoms with Gasteiger partial charge in [0.2, 0.25) is 5.95 Å². The normalized spacial score (nSPS) is 17.1. The summed E-state index contributed by atoms with van der Waals surface area (Å²) < 4.78 is 0. The van der Waals surface area contributed by atoms with Crippen LogP contribution >= 0.6 is 0 Å². The van der Waals surface area contributed by atoms with Crippen molar-refractivity contribution >= 4 is 17.6 Å². The molecule has 0 atom stereocenters. The van der Waals surface area contributed by atoms with Gasteiger partial charge in [-0.3, -0.25) is 5.10 Å². The van der Waals surface area contributed by atoms with Gasteiger partial charge in [-0.05, 0) is 38.8 Å². The molecule has 0 amide bonds. The lowest BCUT2D eigenvalue weighted by molar-refractivity contribution is 0.899. The standard InChI is InChI=1S/C14H18N6.CH5N/c1-2-8-20(7-1)14-15-6-5-12(17-14)16-13-9-11(18-19-13)10-3-4-10;1-2/h5-6,9-10H,1-4,7-8H2,(H2,15,16,17,18,19);2H2,1H3. The zero-order valence-corrected chi connectivity index (χ0v) is 12.9. The third-order valence-electron chi connectivity index (χ3n) is 3.90. The maximum Gasteiger partial charge on any atom is 0.227 e. The van der Waals surface area contributed by atoms with Crippen molar-refractivity contribution in [1.29, 1.82) is 0 Å². The number of anilines is 3. The minimum Gasteiger partial charge on any atom is -0.341 e. The van der Waals surface area contributed by atoms with E-state index >= 15 is 0 Å². The summed E-state index contributed by atoms with van der Waals surface area (Å²) in [6.45, 7) is 2.11. The summed E-state index contributed by atoms with van der Waals surface area (Å²) in [5.74, 6) is 3.13. The molecule has 1 aliphatic carbocycles. The van der Waals surface area contributed by atoms with E-state index in [1.54, 1.807) is 6.20 Å². The highest BCUT2D eigenvalue weighted by molar-refractivity contribution is 5.53. The number of nitrogens with two attached hydrogens (primary N) is 1. The van der Waals surface area contributed by atoms with Crippen LogP contribution in [0.1, 0.15) is 37.3 Å². The van der Waals surface area contributed by atoms with Gasteiger partial charge in [-0.15, -0.1) is 0 Å². The lowest BCUT2D eigenvalue weighted by atomic mass is 10.3. The molecule has 4 rings (SSSR count). The van der Waals surface area contributed by atoms with Gasteiger partial charge < -0.3 is 16.0 Å². The Morgan fingerprint density at radius 2 is 2.00 bits per heavy atom. The molecule has 7 nitrogen and oxygen atoms in total. The topological polar surface area (TPSA) is 95.7 Å². The van der Waals surface area contributed by atoms with Crippen LogP contribution in [-0.4, -0.2) is 40.3 Å². The molecule has 1 aliphatic heterocycles. The Bertz CT molecular complexity index is 599. The summed E-state index contributed by atoms with van der Waals surface area (Å²) in [7, 11) is 1.50. The zero-order valence-electron chi connectivity index (χ0n) is 12.9. The van der Waals surface area contributed by atoms with Crippen LogP contribution in [0.15, 0.2) is 18.3 Å². The quantitative estimate of drug-likeness (QED) is 0.799. The lowest BCUT2D eigenvalue weighted by Gasteiger charge is -2.15. The van der Waals surface area contributed by atoms with E-state index in [9.17, 15) is 0 Å². The summed E-state index contributed by atoms with van der Waals surface area (Å²) in [4.78, 5) is 11.2. The van der Waals surface area contributed by atoms with Crippen LogP contribution in [-0.2, 0) is 0 Å². The van der Waals surface area contributed by atoms with Gasteiger partial charge in [0, 0.05) is 37.0 Å². The molecular weight excluding hydrogens is 278 g/mol. The van der Waals surface area contributed by atoms with E-state index in [0.717, 1.165) is 30.7 Å². The second-order valence-electron chi connectivity index (χ2n) is 5.54. The van der Waals surface area contributed by atoms with Crippen molar-refractivity contribution in [2.24, 2.45) is 5.73 Å². The predicted molar refractivity (Wildman–Crippen MR) is 87.4 cm³/mol. The number of nitrogens with one attached hydrogen (secondary N) is 2. The predicted octanol–water partition coefficient (Wildman–Crippen LogP) is 2.00. The zero-order chi connectivity index (χ0) is 15.4. The second-order valence-corrected chi connectivity index (χ2v) is 5.54. The van der Waals surface area contributed by atoms with Gasteiger partial charge in [0.05, 0.1) is 0 Å². The van der Waals surface area contributed by atoms with Gasteiger partial charge in [0.1, 0.15) is 5.82 Å². The molecule has 22 heavy (non-hydrogen) atoms. The number of nitrogens with zero attached hydrogens (tertiary/aromatic N) is 4. The largest absolute Gasteiger partial charge is 0.341 e. The molecule has 1 saturated heterocycles. The average molecular weight is 301 g/mol. The van der Waals surface area contributed by atoms with Crippen LogP contribution in [0.5, 0.6) is 0 Å². The van der Waals surface area contributed by atoms with E-state index in [1.807, 2.05) is 6.07 Å². The Kier molecular flexibility index (Phi) is 4.53. The molecular formula is C15H23N7. The molecule has 0 bridgehead atoms. The fourth-order valence-electron chi connectivity index (χ4n) is 2.62. The number of aromatic amines is 1. The molecule has 1 saturated carbocycles. The van der Waals surface area contributed by atoms with Crippen LogP contribution in [0.25, 0.3) is 0 Å². The van der Waals surface area contributed by atoms with Crippen molar-refractivity contribution in [2.45, 2.75) is 31.6 Å². The minimum atomic E-state index is 0.684. The first-order chi connectivity index (χ1) is 10.9. The fourth-order valence-corrected chi connectivity index (χ4v) is 2.62. The molecule has 7 heteroatoms. The highest BCUT2D eigenvalue weighted by Gasteiger charge is 2.25. The summed E-state index contributed by atoms with van der Waals surface area (Å²) in [5, 5.41) is 10.6. The Balaban J connectivity index is 0.000000693. The van der Waals surface area contributed by atoms with E-state index in [2.05, 4.69) is 42.2 Å². The second kappa shape index (κ2) is 6.74. The van der Waals surface area contributed by atoms with Gasteiger partial charge in [0.15, 0.2) is 5.82 Å². The number of aromatic nitrogens is 4. The summed E-state index contributed by atoms with van der Waals surface area (Å²) >= 11 is 0. The van der Waals surface area contributed by atoms with Crippen molar-refractivity contribution in [1.82, 2.24) is 20.2 Å². The molecule has 2 aliphatic rings. The summed E-state index contributed by atoms with van der Waals surface area (Å²) in [6.07, 6.45) is 6.80.